The van der Waals surface area contributed by atoms with E-state index in [1.54, 1.807) is 11.3 Å². The monoisotopic (exact) mass is 393 g/mol. The van der Waals surface area contributed by atoms with Gasteiger partial charge in [-0.2, -0.15) is 0 Å². The molecule has 4 unspecified atom stereocenters. The summed E-state index contributed by atoms with van der Waals surface area (Å²) in [5.41, 5.74) is 13.0. The van der Waals surface area contributed by atoms with E-state index in [1.807, 2.05) is 39.0 Å². The second kappa shape index (κ2) is 9.86. The van der Waals surface area contributed by atoms with Gasteiger partial charge >= 0.3 is 0 Å². The first-order valence-electron chi connectivity index (χ1n) is 8.92. The second-order valence-corrected chi connectivity index (χ2v) is 7.10. The molecule has 0 saturated carbocycles. The first-order chi connectivity index (χ1) is 13.0. The van der Waals surface area contributed by atoms with Gasteiger partial charge in [0.1, 0.15) is 12.2 Å². The number of ether oxygens (including phenoxy) is 1. The highest BCUT2D eigenvalue weighted by molar-refractivity contribution is 7.18. The van der Waals surface area contributed by atoms with Crippen molar-refractivity contribution >= 4 is 39.4 Å². The molecule has 6 N–H and O–H groups in total. The summed E-state index contributed by atoms with van der Waals surface area (Å²) in [6.45, 7) is 5.62. The molecule has 8 nitrogen and oxygen atoms in total. The fourth-order valence-corrected chi connectivity index (χ4v) is 3.68. The van der Waals surface area contributed by atoms with E-state index >= 15 is 0 Å². The molecule has 0 bridgehead atoms. The Balaban J connectivity index is 0.00000126. The molecule has 0 spiro atoms. The normalized spacial score (nSPS) is 26.2. The first kappa shape index (κ1) is 21.4. The van der Waals surface area contributed by atoms with Crippen molar-refractivity contribution in [3.8, 4) is 0 Å². The van der Waals surface area contributed by atoms with Crippen LogP contribution >= 0.6 is 11.3 Å². The molecular formula is C18H27N5O3S. The minimum absolute atomic E-state index is 0.329. The molecular weight excluding hydrogens is 366 g/mol. The maximum absolute atomic E-state index is 9.96. The molecule has 1 saturated heterocycles. The molecule has 9 heteroatoms. The highest BCUT2D eigenvalue weighted by atomic mass is 32.1. The lowest BCUT2D eigenvalue weighted by molar-refractivity contribution is -0.121. The van der Waals surface area contributed by atoms with Crippen molar-refractivity contribution in [1.29, 1.82) is 0 Å². The number of hydrogen-bond acceptors (Lipinski definition) is 7. The van der Waals surface area contributed by atoms with E-state index in [-0.39, 0.29) is 6.61 Å². The number of thiazole rings is 1. The Morgan fingerprint density at radius 3 is 2.85 bits per heavy atom. The number of hydrogen-bond donors (Lipinski definition) is 4. The molecule has 4 atom stereocenters. The van der Waals surface area contributed by atoms with Gasteiger partial charge in [-0.25, -0.2) is 15.0 Å². The van der Waals surface area contributed by atoms with Crippen molar-refractivity contribution < 1.29 is 14.9 Å². The maximum atomic E-state index is 9.96. The summed E-state index contributed by atoms with van der Waals surface area (Å²) >= 11 is 1.59. The Morgan fingerprint density at radius 1 is 1.44 bits per heavy atom. The molecule has 0 aliphatic carbocycles. The van der Waals surface area contributed by atoms with E-state index in [2.05, 4.69) is 15.0 Å². The van der Waals surface area contributed by atoms with Gasteiger partial charge in [-0.05, 0) is 31.5 Å². The van der Waals surface area contributed by atoms with E-state index in [0.717, 1.165) is 21.6 Å². The fraction of sp³-hybridized carbons (Fsp3) is 0.500. The van der Waals surface area contributed by atoms with Gasteiger partial charge in [-0.15, -0.1) is 11.3 Å². The van der Waals surface area contributed by atoms with Crippen molar-refractivity contribution in [2.24, 2.45) is 21.5 Å². The van der Waals surface area contributed by atoms with Crippen LogP contribution in [0.25, 0.3) is 10.2 Å². The van der Waals surface area contributed by atoms with E-state index in [4.69, 9.17) is 16.2 Å². The number of nitrogens with two attached hydrogens (primary N) is 2. The largest absolute Gasteiger partial charge is 0.394 e. The Hall–Kier alpha value is -1.91. The van der Waals surface area contributed by atoms with Gasteiger partial charge in [0.15, 0.2) is 5.84 Å². The van der Waals surface area contributed by atoms with Gasteiger partial charge in [0.05, 0.1) is 40.0 Å². The molecule has 148 valence electrons. The average Bonchev–Trinajstić information content (AvgIpc) is 3.04. The van der Waals surface area contributed by atoms with Crippen LogP contribution in [0.5, 0.6) is 0 Å². The molecule has 0 amide bonds. The summed E-state index contributed by atoms with van der Waals surface area (Å²) in [5.74, 6) is 0.351. The lowest BCUT2D eigenvalue weighted by Crippen LogP contribution is -2.55. The van der Waals surface area contributed by atoms with Crippen molar-refractivity contribution in [2.75, 3.05) is 6.61 Å². The minimum atomic E-state index is -0.930. The van der Waals surface area contributed by atoms with Crippen LogP contribution in [0, 0.1) is 6.92 Å². The van der Waals surface area contributed by atoms with Crippen LogP contribution in [0.4, 0.5) is 5.69 Å². The lowest BCUT2D eigenvalue weighted by atomic mass is 9.96. The number of amidine groups is 1. The maximum Gasteiger partial charge on any atom is 0.159 e. The third kappa shape index (κ3) is 5.08. The van der Waals surface area contributed by atoms with Gasteiger partial charge in [-0.1, -0.05) is 13.8 Å². The Bertz CT molecular complexity index is 807. The van der Waals surface area contributed by atoms with Crippen molar-refractivity contribution in [3.63, 3.8) is 0 Å². The van der Waals surface area contributed by atoms with Crippen LogP contribution in [0.2, 0.25) is 0 Å². The fourth-order valence-electron chi connectivity index (χ4n) is 2.82. The van der Waals surface area contributed by atoms with E-state index in [1.165, 1.54) is 0 Å². The lowest BCUT2D eigenvalue weighted by Gasteiger charge is -2.36. The van der Waals surface area contributed by atoms with Gasteiger partial charge in [-0.3, -0.25) is 0 Å². The van der Waals surface area contributed by atoms with Gasteiger partial charge in [0.25, 0.3) is 0 Å². The number of fused-ring (bicyclic) bond motifs is 1. The van der Waals surface area contributed by atoms with Gasteiger partial charge < -0.3 is 26.4 Å². The van der Waals surface area contributed by atoms with Gasteiger partial charge in [0.2, 0.25) is 0 Å². The molecule has 0 radical (unpaired) electrons. The number of benzene rings is 1. The number of aliphatic imine (C=N–C) groups is 2. The summed E-state index contributed by atoms with van der Waals surface area (Å²) in [5, 5.41) is 20.3. The van der Waals surface area contributed by atoms with Crippen LogP contribution in [0.15, 0.2) is 28.2 Å². The average molecular weight is 394 g/mol. The standard InChI is InChI=1S/C16H21N5O3S.C2H6/c1-8-20-11-3-2-9(4-14(11)25-8)21-16(19-7-17)12-5-10(18)15(23)13(6-22)24-12;1-2/h2-4,7,10,12-13,15,22-23H,5-6,18H2,1H3,(H2,17,19,21);1-2H3. The number of aliphatic hydroxyl groups excluding tert-OH is 2. The Morgan fingerprint density at radius 2 is 2.19 bits per heavy atom. The number of aromatic nitrogens is 1. The summed E-state index contributed by atoms with van der Waals surface area (Å²) in [6.07, 6.45) is -0.800. The molecule has 27 heavy (non-hydrogen) atoms. The topological polar surface area (TPSA) is 139 Å². The van der Waals surface area contributed by atoms with Crippen LogP contribution in [0.3, 0.4) is 0 Å². The highest BCUT2D eigenvalue weighted by Crippen LogP contribution is 2.28. The van der Waals surface area contributed by atoms with E-state index < -0.39 is 24.4 Å². The predicted molar refractivity (Wildman–Crippen MR) is 110 cm³/mol. The quantitative estimate of drug-likeness (QED) is 0.460. The molecule has 1 aromatic carbocycles. The molecule has 3 rings (SSSR count). The summed E-state index contributed by atoms with van der Waals surface area (Å²) < 4.78 is 6.73. The SMILES string of the molecule is CC.Cc1nc2ccc(N=C(N=CN)C3CC(N)C(O)C(CO)O3)cc2s1. The Kier molecular flexibility index (Phi) is 7.81. The van der Waals surface area contributed by atoms with Crippen molar-refractivity contribution in [1.82, 2.24) is 4.98 Å². The highest BCUT2D eigenvalue weighted by Gasteiger charge is 2.37. The van der Waals surface area contributed by atoms with Crippen molar-refractivity contribution in [3.05, 3.63) is 23.2 Å². The summed E-state index contributed by atoms with van der Waals surface area (Å²) in [4.78, 5) is 13.1. The zero-order chi connectivity index (χ0) is 20.0. The van der Waals surface area contributed by atoms with Gasteiger partial charge in [0, 0.05) is 6.04 Å². The molecule has 2 heterocycles. The number of aryl methyl sites for hydroxylation is 1. The number of rotatable bonds is 3. The summed E-state index contributed by atoms with van der Waals surface area (Å²) in [7, 11) is 0. The van der Waals surface area contributed by atoms with E-state index in [0.29, 0.717) is 17.9 Å². The predicted octanol–water partition coefficient (Wildman–Crippen LogP) is 1.49. The Labute approximate surface area is 162 Å². The number of aliphatic hydroxyl groups is 2. The zero-order valence-electron chi connectivity index (χ0n) is 15.7. The van der Waals surface area contributed by atoms with Crippen LogP contribution in [-0.2, 0) is 4.74 Å². The van der Waals surface area contributed by atoms with E-state index in [9.17, 15) is 10.2 Å². The molecule has 1 fully saturated rings. The molecule has 1 aliphatic heterocycles. The molecule has 1 aromatic heterocycles. The third-order valence-corrected chi connectivity index (χ3v) is 4.98. The van der Waals surface area contributed by atoms with Crippen LogP contribution in [-0.4, -0.2) is 58.3 Å². The van der Waals surface area contributed by atoms with Crippen molar-refractivity contribution in [2.45, 2.75) is 51.5 Å². The molecule has 2 aromatic rings. The van der Waals surface area contributed by atoms with Crippen LogP contribution < -0.4 is 11.5 Å². The minimum Gasteiger partial charge on any atom is -0.394 e. The third-order valence-electron chi connectivity index (χ3n) is 4.04. The second-order valence-electron chi connectivity index (χ2n) is 5.87. The van der Waals surface area contributed by atoms with Crippen LogP contribution in [0.1, 0.15) is 25.3 Å². The number of nitrogens with zero attached hydrogens (tertiary/aromatic N) is 3. The smallest absolute Gasteiger partial charge is 0.159 e. The zero-order valence-corrected chi connectivity index (χ0v) is 16.6. The molecule has 1 aliphatic rings. The summed E-state index contributed by atoms with van der Waals surface area (Å²) in [6, 6.07) is 5.12. The first-order valence-corrected chi connectivity index (χ1v) is 9.73.